The molecule has 0 amide bonds. The van der Waals surface area contributed by atoms with Gasteiger partial charge in [0.25, 0.3) is 0 Å². The van der Waals surface area contributed by atoms with Gasteiger partial charge in [0, 0.05) is 24.4 Å². The summed E-state index contributed by atoms with van der Waals surface area (Å²) in [4.78, 5) is 4.22. The van der Waals surface area contributed by atoms with Gasteiger partial charge in [0.2, 0.25) is 0 Å². The summed E-state index contributed by atoms with van der Waals surface area (Å²) in [5.74, 6) is 2.27. The monoisotopic (exact) mass is 346 g/mol. The van der Waals surface area contributed by atoms with Crippen molar-refractivity contribution in [2.24, 2.45) is 4.99 Å². The van der Waals surface area contributed by atoms with Gasteiger partial charge < -0.3 is 10.1 Å². The molecule has 0 radical (unpaired) electrons. The summed E-state index contributed by atoms with van der Waals surface area (Å²) < 4.78 is 7.02. The predicted octanol–water partition coefficient (Wildman–Crippen LogP) is 2.99. The highest BCUT2D eigenvalue weighted by atomic mass is 16.5. The smallest absolute Gasteiger partial charge is 0.178 e. The minimum Gasteiger partial charge on any atom is -0.497 e. The first-order valence-electron chi connectivity index (χ1n) is 8.30. The number of rotatable bonds is 5. The maximum absolute atomic E-state index is 5.26. The second-order valence-electron chi connectivity index (χ2n) is 5.80. The molecule has 26 heavy (non-hydrogen) atoms. The molecule has 3 aromatic rings. The Morgan fingerprint density at radius 3 is 3.08 bits per heavy atom. The van der Waals surface area contributed by atoms with Crippen molar-refractivity contribution < 1.29 is 4.74 Å². The Kier molecular flexibility index (Phi) is 4.42. The van der Waals surface area contributed by atoms with Gasteiger partial charge in [0.15, 0.2) is 17.3 Å². The number of benzene rings is 1. The number of hydrogen-bond acceptors (Lipinski definition) is 6. The van der Waals surface area contributed by atoms with E-state index >= 15 is 0 Å². The van der Waals surface area contributed by atoms with E-state index in [1.54, 1.807) is 11.6 Å². The summed E-state index contributed by atoms with van der Waals surface area (Å²) in [6.45, 7) is 0.702. The fourth-order valence-corrected chi connectivity index (χ4v) is 2.69. The Morgan fingerprint density at radius 2 is 2.15 bits per heavy atom. The number of methoxy groups -OCH3 is 1. The van der Waals surface area contributed by atoms with Crippen LogP contribution >= 0.6 is 0 Å². The van der Waals surface area contributed by atoms with Crippen LogP contribution in [0.4, 0.5) is 11.5 Å². The van der Waals surface area contributed by atoms with Gasteiger partial charge in [-0.05, 0) is 35.9 Å². The molecule has 1 aromatic carbocycles. The summed E-state index contributed by atoms with van der Waals surface area (Å²) in [5, 5.41) is 16.4. The van der Waals surface area contributed by atoms with E-state index in [0.717, 1.165) is 22.8 Å². The molecule has 0 aliphatic carbocycles. The van der Waals surface area contributed by atoms with Crippen molar-refractivity contribution in [1.82, 2.24) is 19.8 Å². The maximum atomic E-state index is 5.26. The molecular formula is C19H18N6O. The molecular weight excluding hydrogens is 328 g/mol. The van der Waals surface area contributed by atoms with Crippen LogP contribution in [0.5, 0.6) is 5.75 Å². The fourth-order valence-electron chi connectivity index (χ4n) is 2.69. The Morgan fingerprint density at radius 1 is 1.19 bits per heavy atom. The molecule has 0 saturated heterocycles. The molecule has 1 aliphatic rings. The van der Waals surface area contributed by atoms with Gasteiger partial charge in [-0.3, -0.25) is 4.99 Å². The predicted molar refractivity (Wildman–Crippen MR) is 101 cm³/mol. The Hall–Kier alpha value is -3.48. The molecule has 4 rings (SSSR count). The summed E-state index contributed by atoms with van der Waals surface area (Å²) >= 11 is 0. The van der Waals surface area contributed by atoms with E-state index < -0.39 is 0 Å². The van der Waals surface area contributed by atoms with Crippen molar-refractivity contribution in [3.8, 4) is 5.75 Å². The van der Waals surface area contributed by atoms with Crippen LogP contribution in [0.15, 0.2) is 65.2 Å². The zero-order valence-corrected chi connectivity index (χ0v) is 14.3. The second kappa shape index (κ2) is 7.18. The molecule has 0 spiro atoms. The third-order valence-electron chi connectivity index (χ3n) is 3.97. The molecule has 7 nitrogen and oxygen atoms in total. The first kappa shape index (κ1) is 16.0. The molecule has 1 aliphatic heterocycles. The van der Waals surface area contributed by atoms with Crippen LogP contribution in [0.25, 0.3) is 5.65 Å². The third kappa shape index (κ3) is 3.46. The minimum atomic E-state index is 0.638. The van der Waals surface area contributed by atoms with Gasteiger partial charge >= 0.3 is 0 Å². The lowest BCUT2D eigenvalue weighted by Crippen LogP contribution is -2.03. The summed E-state index contributed by atoms with van der Waals surface area (Å²) in [6.07, 6.45) is 8.54. The number of nitrogens with zero attached hydrogens (tertiary/aromatic N) is 5. The average molecular weight is 346 g/mol. The van der Waals surface area contributed by atoms with Gasteiger partial charge in [0.1, 0.15) is 5.75 Å². The zero-order valence-electron chi connectivity index (χ0n) is 14.3. The van der Waals surface area contributed by atoms with Gasteiger partial charge in [-0.15, -0.1) is 15.3 Å². The van der Waals surface area contributed by atoms with Crippen LogP contribution < -0.4 is 10.1 Å². The van der Waals surface area contributed by atoms with E-state index in [0.29, 0.717) is 24.4 Å². The molecule has 7 heteroatoms. The van der Waals surface area contributed by atoms with Crippen molar-refractivity contribution >= 4 is 23.4 Å². The molecule has 0 atom stereocenters. The number of hydrogen-bond donors (Lipinski definition) is 1. The lowest BCUT2D eigenvalue weighted by atomic mass is 10.1. The standard InChI is InChI=1S/C19H18N6O/c1-26-16-6-2-5-15(13-16)21-17-7-8-18-22-23-19(25(18)24-17)12-14-4-3-10-20-11-9-14/h2-9,11,13H,10,12H2,1H3,(H,21,24). The van der Waals surface area contributed by atoms with E-state index in [1.807, 2.05) is 54.8 Å². The van der Waals surface area contributed by atoms with Crippen molar-refractivity contribution in [3.05, 3.63) is 66.0 Å². The highest BCUT2D eigenvalue weighted by Crippen LogP contribution is 2.20. The van der Waals surface area contributed by atoms with Crippen molar-refractivity contribution in [3.63, 3.8) is 0 Å². The van der Waals surface area contributed by atoms with E-state index in [1.165, 1.54) is 0 Å². The van der Waals surface area contributed by atoms with Crippen molar-refractivity contribution in [1.29, 1.82) is 0 Å². The third-order valence-corrected chi connectivity index (χ3v) is 3.97. The lowest BCUT2D eigenvalue weighted by molar-refractivity contribution is 0.415. The van der Waals surface area contributed by atoms with Crippen LogP contribution in [0, 0.1) is 0 Å². The SMILES string of the molecule is COc1cccc(Nc2ccc3nnc(CC4=CC=NCC=C4)n3n2)c1. The molecule has 1 N–H and O–H groups in total. The summed E-state index contributed by atoms with van der Waals surface area (Å²) in [7, 11) is 1.65. The number of fused-ring (bicyclic) bond motifs is 1. The molecule has 3 heterocycles. The lowest BCUT2D eigenvalue weighted by Gasteiger charge is -2.08. The maximum Gasteiger partial charge on any atom is 0.178 e. The number of allylic oxidation sites excluding steroid dienone is 3. The van der Waals surface area contributed by atoms with Gasteiger partial charge in [-0.2, -0.15) is 4.52 Å². The molecule has 0 fully saturated rings. The van der Waals surface area contributed by atoms with Crippen LogP contribution in [0.2, 0.25) is 0 Å². The molecule has 0 saturated carbocycles. The van der Waals surface area contributed by atoms with Crippen LogP contribution in [0.1, 0.15) is 5.82 Å². The second-order valence-corrected chi connectivity index (χ2v) is 5.80. The summed E-state index contributed by atoms with van der Waals surface area (Å²) in [6, 6.07) is 11.5. The van der Waals surface area contributed by atoms with E-state index in [9.17, 15) is 0 Å². The van der Waals surface area contributed by atoms with Crippen molar-refractivity contribution in [2.45, 2.75) is 6.42 Å². The highest BCUT2D eigenvalue weighted by molar-refractivity contribution is 5.73. The van der Waals surface area contributed by atoms with Gasteiger partial charge in [0.05, 0.1) is 13.7 Å². The molecule has 0 unspecified atom stereocenters. The normalized spacial score (nSPS) is 13.5. The Balaban J connectivity index is 1.61. The Bertz CT molecular complexity index is 1020. The fraction of sp³-hybridized carbons (Fsp3) is 0.158. The number of anilines is 2. The number of aliphatic imine (C=N–C) groups is 1. The quantitative estimate of drug-likeness (QED) is 0.768. The first-order chi connectivity index (χ1) is 12.8. The number of aromatic nitrogens is 4. The van der Waals surface area contributed by atoms with Gasteiger partial charge in [-0.25, -0.2) is 0 Å². The number of nitrogens with one attached hydrogen (secondary N) is 1. The van der Waals surface area contributed by atoms with Crippen molar-refractivity contribution in [2.75, 3.05) is 19.0 Å². The Labute approximate surface area is 150 Å². The largest absolute Gasteiger partial charge is 0.497 e. The van der Waals surface area contributed by atoms with E-state index in [-0.39, 0.29) is 0 Å². The van der Waals surface area contributed by atoms with Gasteiger partial charge in [-0.1, -0.05) is 18.2 Å². The van der Waals surface area contributed by atoms with E-state index in [4.69, 9.17) is 4.74 Å². The summed E-state index contributed by atoms with van der Waals surface area (Å²) in [5.41, 5.74) is 2.73. The molecule has 2 aromatic heterocycles. The topological polar surface area (TPSA) is 76.7 Å². The average Bonchev–Trinajstić information content (AvgIpc) is 2.88. The van der Waals surface area contributed by atoms with E-state index in [2.05, 4.69) is 31.7 Å². The molecule has 0 bridgehead atoms. The number of ether oxygens (including phenoxy) is 1. The van der Waals surface area contributed by atoms with Crippen LogP contribution in [0.3, 0.4) is 0 Å². The zero-order chi connectivity index (χ0) is 17.8. The first-order valence-corrected chi connectivity index (χ1v) is 8.30. The highest BCUT2D eigenvalue weighted by Gasteiger charge is 2.09. The van der Waals surface area contributed by atoms with Crippen LogP contribution in [-0.4, -0.2) is 39.7 Å². The minimum absolute atomic E-state index is 0.638. The van der Waals surface area contributed by atoms with Crippen LogP contribution in [-0.2, 0) is 6.42 Å². The molecule has 130 valence electrons.